The third-order valence-corrected chi connectivity index (χ3v) is 5.66. The molecular weight excluding hydrogens is 341 g/mol. The highest BCUT2D eigenvalue weighted by Gasteiger charge is 2.30. The quantitative estimate of drug-likeness (QED) is 0.811. The van der Waals surface area contributed by atoms with Crippen molar-refractivity contribution >= 4 is 5.91 Å². The SMILES string of the molecule is O=C(CN1CCC[C@@H]1c1cccc(Cc2ccccc2F)n1)N1CCCC1. The van der Waals surface area contributed by atoms with Gasteiger partial charge >= 0.3 is 0 Å². The lowest BCUT2D eigenvalue weighted by molar-refractivity contribution is -0.131. The van der Waals surface area contributed by atoms with E-state index in [-0.39, 0.29) is 17.8 Å². The first-order valence-electron chi connectivity index (χ1n) is 9.92. The van der Waals surface area contributed by atoms with Crippen LogP contribution in [0.3, 0.4) is 0 Å². The Morgan fingerprint density at radius 2 is 1.85 bits per heavy atom. The van der Waals surface area contributed by atoms with Gasteiger partial charge in [0.1, 0.15) is 5.82 Å². The first-order chi connectivity index (χ1) is 13.2. The van der Waals surface area contributed by atoms with Gasteiger partial charge in [0, 0.05) is 25.2 Å². The summed E-state index contributed by atoms with van der Waals surface area (Å²) in [5.41, 5.74) is 2.53. The topological polar surface area (TPSA) is 36.4 Å². The molecule has 0 spiro atoms. The minimum absolute atomic E-state index is 0.178. The molecule has 1 atom stereocenters. The second-order valence-corrected chi connectivity index (χ2v) is 7.54. The number of rotatable bonds is 5. The van der Waals surface area contributed by atoms with E-state index in [0.717, 1.165) is 56.7 Å². The van der Waals surface area contributed by atoms with Crippen molar-refractivity contribution in [1.82, 2.24) is 14.8 Å². The number of pyridine rings is 1. The number of carbonyl (C=O) groups excluding carboxylic acids is 1. The van der Waals surface area contributed by atoms with Gasteiger partial charge in [-0.1, -0.05) is 24.3 Å². The molecule has 0 bridgehead atoms. The van der Waals surface area contributed by atoms with Gasteiger partial charge in [-0.25, -0.2) is 4.39 Å². The van der Waals surface area contributed by atoms with E-state index in [1.807, 2.05) is 29.2 Å². The monoisotopic (exact) mass is 367 g/mol. The highest BCUT2D eigenvalue weighted by Crippen LogP contribution is 2.31. The molecule has 0 N–H and O–H groups in total. The van der Waals surface area contributed by atoms with E-state index in [9.17, 15) is 9.18 Å². The predicted molar refractivity (Wildman–Crippen MR) is 103 cm³/mol. The fourth-order valence-corrected chi connectivity index (χ4v) is 4.21. The lowest BCUT2D eigenvalue weighted by atomic mass is 10.1. The van der Waals surface area contributed by atoms with Crippen LogP contribution < -0.4 is 0 Å². The minimum Gasteiger partial charge on any atom is -0.342 e. The number of benzene rings is 1. The summed E-state index contributed by atoms with van der Waals surface area (Å²) in [4.78, 5) is 21.6. The minimum atomic E-state index is -0.191. The summed E-state index contributed by atoms with van der Waals surface area (Å²) in [5.74, 6) is 0.0466. The van der Waals surface area contributed by atoms with E-state index in [1.54, 1.807) is 12.1 Å². The molecule has 2 fully saturated rings. The maximum absolute atomic E-state index is 14.0. The molecule has 3 heterocycles. The largest absolute Gasteiger partial charge is 0.342 e. The van der Waals surface area contributed by atoms with Crippen LogP contribution in [-0.4, -0.2) is 46.9 Å². The fraction of sp³-hybridized carbons (Fsp3) is 0.455. The number of amides is 1. The Hall–Kier alpha value is -2.27. The van der Waals surface area contributed by atoms with Gasteiger partial charge in [-0.15, -0.1) is 0 Å². The number of carbonyl (C=O) groups is 1. The van der Waals surface area contributed by atoms with Crippen LogP contribution in [0, 0.1) is 5.82 Å². The normalized spacial score (nSPS) is 20.3. The van der Waals surface area contributed by atoms with Crippen molar-refractivity contribution in [3.8, 4) is 0 Å². The molecule has 142 valence electrons. The van der Waals surface area contributed by atoms with Crippen LogP contribution in [0.2, 0.25) is 0 Å². The molecule has 2 aromatic rings. The Morgan fingerprint density at radius 3 is 2.67 bits per heavy atom. The van der Waals surface area contributed by atoms with Gasteiger partial charge in [-0.2, -0.15) is 0 Å². The van der Waals surface area contributed by atoms with Crippen LogP contribution in [-0.2, 0) is 11.2 Å². The number of hydrogen-bond acceptors (Lipinski definition) is 3. The van der Waals surface area contributed by atoms with Gasteiger partial charge in [-0.3, -0.25) is 14.7 Å². The number of nitrogens with zero attached hydrogens (tertiary/aromatic N) is 3. The third-order valence-electron chi connectivity index (χ3n) is 5.66. The Morgan fingerprint density at radius 1 is 1.04 bits per heavy atom. The van der Waals surface area contributed by atoms with E-state index in [4.69, 9.17) is 4.98 Å². The van der Waals surface area contributed by atoms with Crippen LogP contribution in [0.4, 0.5) is 4.39 Å². The molecule has 2 aliphatic heterocycles. The average Bonchev–Trinajstić information content (AvgIpc) is 3.36. The molecule has 1 aromatic carbocycles. The molecule has 0 unspecified atom stereocenters. The number of halogens is 1. The van der Waals surface area contributed by atoms with E-state index in [1.165, 1.54) is 6.07 Å². The van der Waals surface area contributed by atoms with Crippen molar-refractivity contribution in [2.45, 2.75) is 38.1 Å². The van der Waals surface area contributed by atoms with Crippen LogP contribution in [0.25, 0.3) is 0 Å². The summed E-state index contributed by atoms with van der Waals surface area (Å²) >= 11 is 0. The van der Waals surface area contributed by atoms with E-state index >= 15 is 0 Å². The molecule has 2 saturated heterocycles. The third kappa shape index (κ3) is 4.19. The van der Waals surface area contributed by atoms with Gasteiger partial charge in [-0.05, 0) is 56.0 Å². The van der Waals surface area contributed by atoms with Crippen molar-refractivity contribution in [2.24, 2.45) is 0 Å². The number of likely N-dealkylation sites (tertiary alicyclic amines) is 2. The van der Waals surface area contributed by atoms with Crippen LogP contribution in [0.15, 0.2) is 42.5 Å². The van der Waals surface area contributed by atoms with Gasteiger partial charge in [0.15, 0.2) is 0 Å². The van der Waals surface area contributed by atoms with Gasteiger partial charge in [0.05, 0.1) is 18.3 Å². The Bertz CT molecular complexity index is 804. The fourth-order valence-electron chi connectivity index (χ4n) is 4.21. The van der Waals surface area contributed by atoms with E-state index in [2.05, 4.69) is 4.90 Å². The first-order valence-corrected chi connectivity index (χ1v) is 9.92. The summed E-state index contributed by atoms with van der Waals surface area (Å²) in [6.45, 7) is 3.20. The summed E-state index contributed by atoms with van der Waals surface area (Å²) in [6, 6.07) is 13.0. The number of hydrogen-bond donors (Lipinski definition) is 0. The van der Waals surface area contributed by atoms with Crippen LogP contribution in [0.5, 0.6) is 0 Å². The summed E-state index contributed by atoms with van der Waals surface area (Å²) < 4.78 is 14.0. The second-order valence-electron chi connectivity index (χ2n) is 7.54. The van der Waals surface area contributed by atoms with Crippen molar-refractivity contribution in [3.63, 3.8) is 0 Å². The molecule has 1 aromatic heterocycles. The zero-order valence-corrected chi connectivity index (χ0v) is 15.6. The Balaban J connectivity index is 1.47. The standard InChI is InChI=1S/C22H26FN3O/c23-19-9-2-1-7-17(19)15-18-8-5-10-20(24-18)21-11-6-14-26(21)16-22(27)25-12-3-4-13-25/h1-2,5,7-10,21H,3-4,6,11-16H2/t21-/m1/s1. The van der Waals surface area contributed by atoms with Crippen molar-refractivity contribution in [3.05, 3.63) is 65.2 Å². The highest BCUT2D eigenvalue weighted by molar-refractivity contribution is 5.78. The summed E-state index contributed by atoms with van der Waals surface area (Å²) in [7, 11) is 0. The van der Waals surface area contributed by atoms with Crippen molar-refractivity contribution < 1.29 is 9.18 Å². The van der Waals surface area contributed by atoms with Crippen molar-refractivity contribution in [2.75, 3.05) is 26.2 Å². The zero-order chi connectivity index (χ0) is 18.6. The zero-order valence-electron chi connectivity index (χ0n) is 15.6. The Labute approximate surface area is 160 Å². The van der Waals surface area contributed by atoms with Crippen molar-refractivity contribution in [1.29, 1.82) is 0 Å². The molecule has 0 radical (unpaired) electrons. The predicted octanol–water partition coefficient (Wildman–Crippen LogP) is 3.57. The molecular formula is C22H26FN3O. The average molecular weight is 367 g/mol. The molecule has 5 heteroatoms. The Kier molecular flexibility index (Phi) is 5.48. The smallest absolute Gasteiger partial charge is 0.236 e. The van der Waals surface area contributed by atoms with Gasteiger partial charge in [0.2, 0.25) is 5.91 Å². The molecule has 27 heavy (non-hydrogen) atoms. The van der Waals surface area contributed by atoms with Crippen LogP contribution >= 0.6 is 0 Å². The molecule has 4 rings (SSSR count). The first kappa shape index (κ1) is 18.1. The highest BCUT2D eigenvalue weighted by atomic mass is 19.1. The van der Waals surface area contributed by atoms with Gasteiger partial charge in [0.25, 0.3) is 0 Å². The molecule has 4 nitrogen and oxygen atoms in total. The molecule has 2 aliphatic rings. The number of aromatic nitrogens is 1. The van der Waals surface area contributed by atoms with E-state index in [0.29, 0.717) is 18.5 Å². The molecule has 0 saturated carbocycles. The summed E-state index contributed by atoms with van der Waals surface area (Å²) in [6.07, 6.45) is 4.82. The van der Waals surface area contributed by atoms with Gasteiger partial charge < -0.3 is 4.90 Å². The van der Waals surface area contributed by atoms with Crippen LogP contribution in [0.1, 0.15) is 48.7 Å². The summed E-state index contributed by atoms with van der Waals surface area (Å²) in [5, 5.41) is 0. The molecule has 0 aliphatic carbocycles. The maximum atomic E-state index is 14.0. The molecule has 1 amide bonds. The lowest BCUT2D eigenvalue weighted by Crippen LogP contribution is -2.38. The lowest BCUT2D eigenvalue weighted by Gasteiger charge is -2.26. The maximum Gasteiger partial charge on any atom is 0.236 e. The second kappa shape index (κ2) is 8.17. The van der Waals surface area contributed by atoms with E-state index < -0.39 is 0 Å².